The number of carbonyl (C=O) groups excluding carboxylic acids is 1. The van der Waals surface area contributed by atoms with Crippen molar-refractivity contribution < 1.29 is 13.9 Å². The summed E-state index contributed by atoms with van der Waals surface area (Å²) in [5.41, 5.74) is 0.271. The van der Waals surface area contributed by atoms with Crippen LogP contribution in [-0.4, -0.2) is 52.9 Å². The van der Waals surface area contributed by atoms with Gasteiger partial charge in [-0.1, -0.05) is 0 Å². The summed E-state index contributed by atoms with van der Waals surface area (Å²) in [6.07, 6.45) is 3.46. The maximum absolute atomic E-state index is 13.0. The molecule has 0 bridgehead atoms. The van der Waals surface area contributed by atoms with Gasteiger partial charge >= 0.3 is 0 Å². The van der Waals surface area contributed by atoms with Crippen LogP contribution in [0, 0.1) is 17.1 Å². The van der Waals surface area contributed by atoms with E-state index in [1.165, 1.54) is 37.1 Å². The van der Waals surface area contributed by atoms with Crippen LogP contribution < -0.4 is 4.74 Å². The third-order valence-corrected chi connectivity index (χ3v) is 5.11. The molecule has 0 atom stereocenters. The molecule has 2 fully saturated rings. The monoisotopic (exact) mass is 380 g/mol. The van der Waals surface area contributed by atoms with Crippen LogP contribution in [0.25, 0.3) is 0 Å². The fourth-order valence-corrected chi connectivity index (χ4v) is 3.46. The van der Waals surface area contributed by atoms with Crippen LogP contribution in [0.4, 0.5) is 4.39 Å². The van der Waals surface area contributed by atoms with Gasteiger partial charge in [-0.05, 0) is 55.7 Å². The Morgan fingerprint density at radius 2 is 1.89 bits per heavy atom. The standard InChI is InChI=1S/C21H21FN4O2/c22-15-2-6-17(7-3-15)28-20-9-8-18(24-19(20)14-23)21(27)26-11-1-10-25(12-13-26)16-4-5-16/h2-3,6-9,16H,1,4-5,10-13H2. The van der Waals surface area contributed by atoms with Crippen LogP contribution in [0.1, 0.15) is 35.4 Å². The van der Waals surface area contributed by atoms with E-state index >= 15 is 0 Å². The zero-order valence-electron chi connectivity index (χ0n) is 15.5. The Balaban J connectivity index is 1.47. The van der Waals surface area contributed by atoms with Gasteiger partial charge in [-0.25, -0.2) is 9.37 Å². The number of aromatic nitrogens is 1. The van der Waals surface area contributed by atoms with Gasteiger partial charge in [0.1, 0.15) is 23.3 Å². The predicted octanol–water partition coefficient (Wildman–Crippen LogP) is 3.19. The molecule has 4 rings (SSSR count). The summed E-state index contributed by atoms with van der Waals surface area (Å²) in [6, 6.07) is 11.3. The minimum absolute atomic E-state index is 0.0320. The molecular formula is C21H21FN4O2. The van der Waals surface area contributed by atoms with Crippen molar-refractivity contribution in [3.63, 3.8) is 0 Å². The zero-order chi connectivity index (χ0) is 19.5. The van der Waals surface area contributed by atoms with Crippen molar-refractivity contribution in [2.75, 3.05) is 26.2 Å². The number of hydrogen-bond acceptors (Lipinski definition) is 5. The Hall–Kier alpha value is -2.98. The molecule has 0 unspecified atom stereocenters. The summed E-state index contributed by atoms with van der Waals surface area (Å²) < 4.78 is 18.6. The highest BCUT2D eigenvalue weighted by atomic mass is 19.1. The first kappa shape index (κ1) is 18.4. The lowest BCUT2D eigenvalue weighted by molar-refractivity contribution is 0.0755. The number of hydrogen-bond donors (Lipinski definition) is 0. The third-order valence-electron chi connectivity index (χ3n) is 5.11. The normalized spacial score (nSPS) is 17.6. The van der Waals surface area contributed by atoms with E-state index in [4.69, 9.17) is 4.74 Å². The molecule has 2 aliphatic rings. The molecular weight excluding hydrogens is 359 g/mol. The second kappa shape index (κ2) is 7.95. The van der Waals surface area contributed by atoms with E-state index in [0.717, 1.165) is 19.5 Å². The van der Waals surface area contributed by atoms with Crippen LogP contribution in [0.2, 0.25) is 0 Å². The highest BCUT2D eigenvalue weighted by Gasteiger charge is 2.31. The van der Waals surface area contributed by atoms with Crippen molar-refractivity contribution in [3.05, 3.63) is 53.6 Å². The third kappa shape index (κ3) is 4.12. The fraction of sp³-hybridized carbons (Fsp3) is 0.381. The van der Waals surface area contributed by atoms with Crippen molar-refractivity contribution in [1.29, 1.82) is 5.26 Å². The molecule has 0 N–H and O–H groups in total. The Morgan fingerprint density at radius 1 is 1.11 bits per heavy atom. The minimum atomic E-state index is -0.371. The number of rotatable bonds is 4. The van der Waals surface area contributed by atoms with Gasteiger partial charge in [0, 0.05) is 32.2 Å². The van der Waals surface area contributed by atoms with Gasteiger partial charge in [0.25, 0.3) is 5.91 Å². The van der Waals surface area contributed by atoms with Gasteiger partial charge < -0.3 is 9.64 Å². The Labute approximate surface area is 163 Å². The van der Waals surface area contributed by atoms with Crippen LogP contribution in [0.5, 0.6) is 11.5 Å². The molecule has 1 aliphatic carbocycles. The zero-order valence-corrected chi connectivity index (χ0v) is 15.5. The minimum Gasteiger partial charge on any atom is -0.454 e. The lowest BCUT2D eigenvalue weighted by atomic mass is 10.2. The van der Waals surface area contributed by atoms with Gasteiger partial charge in [-0.2, -0.15) is 5.26 Å². The van der Waals surface area contributed by atoms with E-state index in [9.17, 15) is 14.4 Å². The molecule has 144 valence electrons. The quantitative estimate of drug-likeness (QED) is 0.815. The van der Waals surface area contributed by atoms with Crippen LogP contribution in [0.3, 0.4) is 0 Å². The second-order valence-electron chi connectivity index (χ2n) is 7.12. The highest BCUT2D eigenvalue weighted by molar-refractivity contribution is 5.92. The smallest absolute Gasteiger partial charge is 0.272 e. The van der Waals surface area contributed by atoms with Gasteiger partial charge in [0.15, 0.2) is 11.4 Å². The molecule has 1 aromatic heterocycles. The summed E-state index contributed by atoms with van der Waals surface area (Å²) in [4.78, 5) is 21.4. The number of nitrogens with zero attached hydrogens (tertiary/aromatic N) is 4. The van der Waals surface area contributed by atoms with E-state index in [1.807, 2.05) is 11.0 Å². The SMILES string of the molecule is N#Cc1nc(C(=O)N2CCCN(C3CC3)CC2)ccc1Oc1ccc(F)cc1. The second-order valence-corrected chi connectivity index (χ2v) is 7.12. The van der Waals surface area contributed by atoms with Crippen molar-refractivity contribution in [1.82, 2.24) is 14.8 Å². The Kier molecular flexibility index (Phi) is 5.22. The van der Waals surface area contributed by atoms with Gasteiger partial charge in [-0.3, -0.25) is 9.69 Å². The van der Waals surface area contributed by atoms with E-state index in [-0.39, 0.29) is 28.9 Å². The van der Waals surface area contributed by atoms with Crippen molar-refractivity contribution in [2.24, 2.45) is 0 Å². The van der Waals surface area contributed by atoms with E-state index in [2.05, 4.69) is 9.88 Å². The molecule has 2 aromatic rings. The van der Waals surface area contributed by atoms with Gasteiger partial charge in [0.05, 0.1) is 0 Å². The topological polar surface area (TPSA) is 69.5 Å². The summed E-state index contributed by atoms with van der Waals surface area (Å²) >= 11 is 0. The van der Waals surface area contributed by atoms with E-state index < -0.39 is 0 Å². The summed E-state index contributed by atoms with van der Waals surface area (Å²) in [5.74, 6) is 0.0972. The van der Waals surface area contributed by atoms with Crippen LogP contribution in [0.15, 0.2) is 36.4 Å². The highest BCUT2D eigenvalue weighted by Crippen LogP contribution is 2.28. The molecule has 1 amide bonds. The number of pyridine rings is 1. The van der Waals surface area contributed by atoms with Crippen molar-refractivity contribution in [3.8, 4) is 17.6 Å². The van der Waals surface area contributed by atoms with Gasteiger partial charge in [0.2, 0.25) is 0 Å². The van der Waals surface area contributed by atoms with E-state index in [0.29, 0.717) is 24.9 Å². The average Bonchev–Trinajstić information content (AvgIpc) is 3.56. The maximum atomic E-state index is 13.0. The first-order chi connectivity index (χ1) is 13.6. The molecule has 2 heterocycles. The summed E-state index contributed by atoms with van der Waals surface area (Å²) in [5, 5.41) is 9.42. The number of amides is 1. The number of benzene rings is 1. The number of ether oxygens (including phenoxy) is 1. The average molecular weight is 380 g/mol. The Morgan fingerprint density at radius 3 is 2.61 bits per heavy atom. The molecule has 1 aromatic carbocycles. The number of halogens is 1. The predicted molar refractivity (Wildman–Crippen MR) is 101 cm³/mol. The first-order valence-corrected chi connectivity index (χ1v) is 9.52. The summed E-state index contributed by atoms with van der Waals surface area (Å²) in [6.45, 7) is 3.27. The molecule has 0 radical (unpaired) electrons. The van der Waals surface area contributed by atoms with Crippen molar-refractivity contribution >= 4 is 5.91 Å². The molecule has 1 aliphatic heterocycles. The largest absolute Gasteiger partial charge is 0.454 e. The van der Waals surface area contributed by atoms with Gasteiger partial charge in [-0.15, -0.1) is 0 Å². The van der Waals surface area contributed by atoms with Crippen LogP contribution >= 0.6 is 0 Å². The number of nitriles is 1. The molecule has 0 spiro atoms. The molecule has 28 heavy (non-hydrogen) atoms. The number of carbonyl (C=O) groups is 1. The fourth-order valence-electron chi connectivity index (χ4n) is 3.46. The lowest BCUT2D eigenvalue weighted by Gasteiger charge is -2.21. The summed E-state index contributed by atoms with van der Waals surface area (Å²) in [7, 11) is 0. The lowest BCUT2D eigenvalue weighted by Crippen LogP contribution is -2.36. The molecule has 1 saturated heterocycles. The Bertz CT molecular complexity index is 906. The molecule has 6 nitrogen and oxygen atoms in total. The first-order valence-electron chi connectivity index (χ1n) is 9.52. The van der Waals surface area contributed by atoms with Crippen LogP contribution in [-0.2, 0) is 0 Å². The molecule has 7 heteroatoms. The maximum Gasteiger partial charge on any atom is 0.272 e. The van der Waals surface area contributed by atoms with E-state index in [1.54, 1.807) is 12.1 Å². The van der Waals surface area contributed by atoms with Crippen molar-refractivity contribution in [2.45, 2.75) is 25.3 Å². The molecule has 1 saturated carbocycles.